The maximum Gasteiger partial charge on any atom is 0.342 e. The highest BCUT2D eigenvalue weighted by molar-refractivity contribution is 5.92. The van der Waals surface area contributed by atoms with Gasteiger partial charge in [0.15, 0.2) is 0 Å². The monoisotopic (exact) mass is 280 g/mol. The molecule has 0 aliphatic heterocycles. The van der Waals surface area contributed by atoms with Gasteiger partial charge in [-0.25, -0.2) is 4.79 Å². The van der Waals surface area contributed by atoms with Crippen molar-refractivity contribution in [3.63, 3.8) is 0 Å². The van der Waals surface area contributed by atoms with Crippen LogP contribution in [0, 0.1) is 5.41 Å². The van der Waals surface area contributed by atoms with Gasteiger partial charge in [-0.1, -0.05) is 19.1 Å². The minimum atomic E-state index is -0.645. The van der Waals surface area contributed by atoms with Crippen molar-refractivity contribution in [1.82, 2.24) is 0 Å². The van der Waals surface area contributed by atoms with Crippen molar-refractivity contribution in [2.75, 3.05) is 13.2 Å². The van der Waals surface area contributed by atoms with Gasteiger partial charge in [0.25, 0.3) is 0 Å². The van der Waals surface area contributed by atoms with Crippen LogP contribution in [0.1, 0.15) is 37.6 Å². The fraction of sp³-hybridized carbons (Fsp3) is 0.467. The Kier molecular flexibility index (Phi) is 5.55. The summed E-state index contributed by atoms with van der Waals surface area (Å²) in [5.41, 5.74) is -0.449. The number of rotatable bonds is 6. The molecule has 5 heteroatoms. The number of benzene rings is 1. The smallest absolute Gasteiger partial charge is 0.342 e. The van der Waals surface area contributed by atoms with Crippen molar-refractivity contribution in [2.45, 2.75) is 27.2 Å². The predicted molar refractivity (Wildman–Crippen MR) is 73.4 cm³/mol. The van der Waals surface area contributed by atoms with Crippen LogP contribution in [-0.2, 0) is 14.3 Å². The molecule has 0 saturated heterocycles. The van der Waals surface area contributed by atoms with E-state index in [1.165, 1.54) is 12.1 Å². The van der Waals surface area contributed by atoms with Crippen LogP contribution in [0.3, 0.4) is 0 Å². The number of hydrogen-bond acceptors (Lipinski definition) is 5. The molecule has 0 unspecified atom stereocenters. The Balaban J connectivity index is 2.37. The fourth-order valence-electron chi connectivity index (χ4n) is 1.33. The van der Waals surface area contributed by atoms with E-state index in [1.807, 2.05) is 6.92 Å². The van der Waals surface area contributed by atoms with Gasteiger partial charge in [0.1, 0.15) is 24.5 Å². The van der Waals surface area contributed by atoms with Gasteiger partial charge in [0.05, 0.1) is 5.41 Å². The molecule has 110 valence electrons. The molecule has 0 aliphatic carbocycles. The van der Waals surface area contributed by atoms with Gasteiger partial charge in [0, 0.05) is 0 Å². The SMILES string of the molecule is CCC(C)(C)C(=O)OCCOC(=O)c1ccccc1O. The Hall–Kier alpha value is -2.04. The third-order valence-corrected chi connectivity index (χ3v) is 3.11. The quantitative estimate of drug-likeness (QED) is 0.640. The second kappa shape index (κ2) is 6.93. The van der Waals surface area contributed by atoms with Crippen molar-refractivity contribution in [1.29, 1.82) is 0 Å². The topological polar surface area (TPSA) is 72.8 Å². The Morgan fingerprint density at radius 2 is 1.75 bits per heavy atom. The Labute approximate surface area is 118 Å². The highest BCUT2D eigenvalue weighted by atomic mass is 16.6. The van der Waals surface area contributed by atoms with E-state index in [9.17, 15) is 14.7 Å². The molecule has 0 aliphatic rings. The molecule has 1 N–H and O–H groups in total. The average molecular weight is 280 g/mol. The van der Waals surface area contributed by atoms with E-state index in [-0.39, 0.29) is 30.5 Å². The molecule has 0 saturated carbocycles. The van der Waals surface area contributed by atoms with E-state index in [1.54, 1.807) is 26.0 Å². The molecular weight excluding hydrogens is 260 g/mol. The predicted octanol–water partition coefficient (Wildman–Crippen LogP) is 2.53. The molecule has 0 amide bonds. The van der Waals surface area contributed by atoms with Gasteiger partial charge in [-0.3, -0.25) is 4.79 Å². The summed E-state index contributed by atoms with van der Waals surface area (Å²) in [5.74, 6) is -1.10. The van der Waals surface area contributed by atoms with Crippen LogP contribution in [0.4, 0.5) is 0 Å². The van der Waals surface area contributed by atoms with Crippen molar-refractivity contribution < 1.29 is 24.2 Å². The molecule has 1 aromatic carbocycles. The lowest BCUT2D eigenvalue weighted by molar-refractivity contribution is -0.155. The molecule has 1 aromatic rings. The summed E-state index contributed by atoms with van der Waals surface area (Å²) in [7, 11) is 0. The maximum absolute atomic E-state index is 11.7. The van der Waals surface area contributed by atoms with Crippen LogP contribution in [-0.4, -0.2) is 30.3 Å². The highest BCUT2D eigenvalue weighted by Gasteiger charge is 2.26. The second-order valence-electron chi connectivity index (χ2n) is 5.03. The van der Waals surface area contributed by atoms with E-state index in [0.29, 0.717) is 6.42 Å². The third-order valence-electron chi connectivity index (χ3n) is 3.11. The first kappa shape index (κ1) is 16.0. The number of hydrogen-bond donors (Lipinski definition) is 1. The van der Waals surface area contributed by atoms with Crippen LogP contribution in [0.25, 0.3) is 0 Å². The van der Waals surface area contributed by atoms with Crippen LogP contribution >= 0.6 is 0 Å². The number of carbonyl (C=O) groups excluding carboxylic acids is 2. The summed E-state index contributed by atoms with van der Waals surface area (Å²) in [6, 6.07) is 6.10. The lowest BCUT2D eigenvalue weighted by Crippen LogP contribution is -2.27. The van der Waals surface area contributed by atoms with E-state index >= 15 is 0 Å². The van der Waals surface area contributed by atoms with E-state index < -0.39 is 11.4 Å². The zero-order valence-electron chi connectivity index (χ0n) is 12.0. The zero-order valence-corrected chi connectivity index (χ0v) is 12.0. The van der Waals surface area contributed by atoms with Crippen molar-refractivity contribution in [3.05, 3.63) is 29.8 Å². The van der Waals surface area contributed by atoms with Crippen LogP contribution in [0.2, 0.25) is 0 Å². The first-order valence-corrected chi connectivity index (χ1v) is 6.51. The second-order valence-corrected chi connectivity index (χ2v) is 5.03. The first-order chi connectivity index (χ1) is 9.38. The standard InChI is InChI=1S/C15H20O5/c1-4-15(2,3)14(18)20-10-9-19-13(17)11-7-5-6-8-12(11)16/h5-8,16H,4,9-10H2,1-3H3. The minimum absolute atomic E-state index is 0.00159. The first-order valence-electron chi connectivity index (χ1n) is 6.51. The highest BCUT2D eigenvalue weighted by Crippen LogP contribution is 2.21. The van der Waals surface area contributed by atoms with Gasteiger partial charge < -0.3 is 14.6 Å². The van der Waals surface area contributed by atoms with Gasteiger partial charge in [-0.2, -0.15) is 0 Å². The number of esters is 2. The molecule has 0 atom stereocenters. The lowest BCUT2D eigenvalue weighted by Gasteiger charge is -2.20. The lowest BCUT2D eigenvalue weighted by atomic mass is 9.91. The summed E-state index contributed by atoms with van der Waals surface area (Å²) in [6.45, 7) is 5.45. The van der Waals surface area contributed by atoms with Crippen molar-refractivity contribution in [3.8, 4) is 5.75 Å². The fourth-order valence-corrected chi connectivity index (χ4v) is 1.33. The number of para-hydroxylation sites is 1. The Bertz CT molecular complexity index is 479. The molecule has 0 spiro atoms. The summed E-state index contributed by atoms with van der Waals surface area (Å²) >= 11 is 0. The summed E-state index contributed by atoms with van der Waals surface area (Å²) in [6.07, 6.45) is 0.670. The molecule has 0 bridgehead atoms. The zero-order chi connectivity index (χ0) is 15.2. The average Bonchev–Trinajstić information content (AvgIpc) is 2.43. The van der Waals surface area contributed by atoms with E-state index in [0.717, 1.165) is 0 Å². The van der Waals surface area contributed by atoms with Crippen LogP contribution in [0.15, 0.2) is 24.3 Å². The summed E-state index contributed by atoms with van der Waals surface area (Å²) in [5, 5.41) is 9.48. The van der Waals surface area contributed by atoms with Gasteiger partial charge in [0.2, 0.25) is 0 Å². The molecular formula is C15H20O5. The number of phenols is 1. The summed E-state index contributed by atoms with van der Waals surface area (Å²) < 4.78 is 9.97. The normalized spacial score (nSPS) is 10.9. The van der Waals surface area contributed by atoms with E-state index in [2.05, 4.69) is 0 Å². The van der Waals surface area contributed by atoms with Gasteiger partial charge >= 0.3 is 11.9 Å². The van der Waals surface area contributed by atoms with Crippen LogP contribution < -0.4 is 0 Å². The summed E-state index contributed by atoms with van der Waals surface area (Å²) in [4.78, 5) is 23.3. The number of ether oxygens (including phenoxy) is 2. The molecule has 5 nitrogen and oxygen atoms in total. The minimum Gasteiger partial charge on any atom is -0.507 e. The maximum atomic E-state index is 11.7. The molecule has 0 aromatic heterocycles. The molecule has 1 rings (SSSR count). The van der Waals surface area contributed by atoms with Crippen molar-refractivity contribution in [2.24, 2.45) is 5.41 Å². The Morgan fingerprint density at radius 1 is 1.15 bits per heavy atom. The number of aromatic hydroxyl groups is 1. The van der Waals surface area contributed by atoms with Gasteiger partial charge in [-0.15, -0.1) is 0 Å². The van der Waals surface area contributed by atoms with Gasteiger partial charge in [-0.05, 0) is 32.4 Å². The molecule has 0 radical (unpaired) electrons. The Morgan fingerprint density at radius 3 is 2.35 bits per heavy atom. The molecule has 20 heavy (non-hydrogen) atoms. The molecule has 0 heterocycles. The number of phenolic OH excluding ortho intramolecular Hbond substituents is 1. The van der Waals surface area contributed by atoms with Crippen molar-refractivity contribution >= 4 is 11.9 Å². The van der Waals surface area contributed by atoms with Crippen LogP contribution in [0.5, 0.6) is 5.75 Å². The van der Waals surface area contributed by atoms with E-state index in [4.69, 9.17) is 9.47 Å². The largest absolute Gasteiger partial charge is 0.507 e. The molecule has 0 fully saturated rings. The number of carbonyl (C=O) groups is 2. The third kappa shape index (κ3) is 4.26.